The zero-order valence-corrected chi connectivity index (χ0v) is 23.3. The summed E-state index contributed by atoms with van der Waals surface area (Å²) in [6.45, 7) is -1.05. The molecular weight excluding hydrogens is 544 g/mol. The Kier molecular flexibility index (Phi) is 9.70. The normalized spacial score (nSPS) is 29.5. The molecule has 1 aliphatic heterocycles. The monoisotopic (exact) mass is 582 g/mol. The number of aliphatic hydroxyl groups excluding tert-OH is 5. The first-order chi connectivity index (χ1) is 19.6. The van der Waals surface area contributed by atoms with E-state index in [1.165, 1.54) is 34.5 Å². The Bertz CT molecular complexity index is 1200. The summed E-state index contributed by atoms with van der Waals surface area (Å²) in [7, 11) is 5.64. The molecule has 1 fully saturated rings. The van der Waals surface area contributed by atoms with E-state index in [0.717, 1.165) is 0 Å². The quantitative estimate of drug-likeness (QED) is 0.196. The Labute approximate surface area is 237 Å². The zero-order chi connectivity index (χ0) is 30.0. The van der Waals surface area contributed by atoms with E-state index in [2.05, 4.69) is 0 Å². The highest BCUT2D eigenvalue weighted by Gasteiger charge is 2.46. The Morgan fingerprint density at radius 2 is 1.46 bits per heavy atom. The minimum Gasteiger partial charge on any atom is -0.504 e. The van der Waals surface area contributed by atoms with Crippen molar-refractivity contribution in [3.63, 3.8) is 0 Å². The SMILES string of the molecule is COc1cc(C2c3c(cc(OC)c(OC)c3O)CC(COC3OC(CO)C(O)C(O)C3O)C2CO)cc(O)c1OC. The number of hydrogen-bond donors (Lipinski definition) is 7. The second kappa shape index (κ2) is 12.9. The molecule has 0 bridgehead atoms. The van der Waals surface area contributed by atoms with Crippen LogP contribution in [-0.4, -0.2) is 115 Å². The molecule has 2 aromatic carbocycles. The van der Waals surface area contributed by atoms with Crippen LogP contribution in [0.15, 0.2) is 18.2 Å². The Morgan fingerprint density at radius 1 is 0.805 bits per heavy atom. The third kappa shape index (κ3) is 5.58. The Hall–Kier alpha value is -3.04. The van der Waals surface area contributed by atoms with Crippen molar-refractivity contribution in [2.24, 2.45) is 11.8 Å². The molecule has 7 N–H and O–H groups in total. The van der Waals surface area contributed by atoms with Crippen molar-refractivity contribution in [3.8, 4) is 34.5 Å². The summed E-state index contributed by atoms with van der Waals surface area (Å²) in [5.41, 5.74) is 1.62. The molecule has 0 saturated carbocycles. The summed E-state index contributed by atoms with van der Waals surface area (Å²) >= 11 is 0. The summed E-state index contributed by atoms with van der Waals surface area (Å²) in [4.78, 5) is 0. The third-order valence-electron chi connectivity index (χ3n) is 7.97. The lowest BCUT2D eigenvalue weighted by Crippen LogP contribution is -2.59. The predicted octanol–water partition coefficient (Wildman–Crippen LogP) is -0.139. The molecule has 0 spiro atoms. The van der Waals surface area contributed by atoms with Gasteiger partial charge in [-0.1, -0.05) is 0 Å². The van der Waals surface area contributed by atoms with E-state index >= 15 is 0 Å². The van der Waals surface area contributed by atoms with Crippen LogP contribution in [0.3, 0.4) is 0 Å². The number of aromatic hydroxyl groups is 2. The molecule has 41 heavy (non-hydrogen) atoms. The van der Waals surface area contributed by atoms with Gasteiger partial charge < -0.3 is 64.2 Å². The van der Waals surface area contributed by atoms with Crippen molar-refractivity contribution in [2.75, 3.05) is 48.3 Å². The van der Waals surface area contributed by atoms with Crippen LogP contribution < -0.4 is 18.9 Å². The first kappa shape index (κ1) is 30.9. The van der Waals surface area contributed by atoms with Gasteiger partial charge in [-0.3, -0.25) is 0 Å². The topological polar surface area (TPSA) is 197 Å². The van der Waals surface area contributed by atoms with E-state index in [9.17, 15) is 35.7 Å². The molecule has 228 valence electrons. The highest BCUT2D eigenvalue weighted by molar-refractivity contribution is 5.64. The summed E-state index contributed by atoms with van der Waals surface area (Å²) < 4.78 is 32.9. The van der Waals surface area contributed by atoms with Gasteiger partial charge in [0.15, 0.2) is 29.3 Å². The average molecular weight is 583 g/mol. The lowest BCUT2D eigenvalue weighted by molar-refractivity contribution is -0.304. The molecule has 1 saturated heterocycles. The van der Waals surface area contributed by atoms with E-state index in [1.54, 1.807) is 12.1 Å². The summed E-state index contributed by atoms with van der Waals surface area (Å²) in [6, 6.07) is 4.83. The van der Waals surface area contributed by atoms with E-state index < -0.39 is 55.1 Å². The molecule has 1 aliphatic carbocycles. The maximum absolute atomic E-state index is 11.4. The van der Waals surface area contributed by atoms with Gasteiger partial charge in [-0.2, -0.15) is 0 Å². The lowest BCUT2D eigenvalue weighted by Gasteiger charge is -2.42. The van der Waals surface area contributed by atoms with Crippen molar-refractivity contribution in [2.45, 2.75) is 43.0 Å². The smallest absolute Gasteiger partial charge is 0.203 e. The van der Waals surface area contributed by atoms with Crippen LogP contribution in [-0.2, 0) is 15.9 Å². The largest absolute Gasteiger partial charge is 0.504 e. The van der Waals surface area contributed by atoms with Crippen LogP contribution in [0.4, 0.5) is 0 Å². The molecule has 13 heteroatoms. The molecule has 2 aromatic rings. The number of methoxy groups -OCH3 is 4. The molecule has 0 aromatic heterocycles. The van der Waals surface area contributed by atoms with Gasteiger partial charge in [0, 0.05) is 18.1 Å². The van der Waals surface area contributed by atoms with E-state index in [4.69, 9.17) is 28.4 Å². The van der Waals surface area contributed by atoms with Crippen LogP contribution >= 0.6 is 0 Å². The van der Waals surface area contributed by atoms with Gasteiger partial charge in [-0.05, 0) is 47.6 Å². The molecule has 13 nitrogen and oxygen atoms in total. The summed E-state index contributed by atoms with van der Waals surface area (Å²) in [5, 5.41) is 73.1. The van der Waals surface area contributed by atoms with Gasteiger partial charge in [-0.25, -0.2) is 0 Å². The Morgan fingerprint density at radius 3 is 2.05 bits per heavy atom. The van der Waals surface area contributed by atoms with Crippen molar-refractivity contribution in [1.29, 1.82) is 0 Å². The highest BCUT2D eigenvalue weighted by Crippen LogP contribution is 2.54. The fourth-order valence-electron chi connectivity index (χ4n) is 5.90. The lowest BCUT2D eigenvalue weighted by atomic mass is 9.66. The number of phenolic OH excluding ortho intramolecular Hbond substituents is 2. The Balaban J connectivity index is 1.78. The number of phenols is 2. The second-order valence-electron chi connectivity index (χ2n) is 10.1. The fraction of sp³-hybridized carbons (Fsp3) is 0.571. The van der Waals surface area contributed by atoms with Gasteiger partial charge in [-0.15, -0.1) is 0 Å². The average Bonchev–Trinajstić information content (AvgIpc) is 2.98. The van der Waals surface area contributed by atoms with Crippen LogP contribution in [0.1, 0.15) is 22.6 Å². The van der Waals surface area contributed by atoms with Crippen molar-refractivity contribution < 1.29 is 64.2 Å². The molecule has 2 aliphatic rings. The second-order valence-corrected chi connectivity index (χ2v) is 10.1. The van der Waals surface area contributed by atoms with Crippen LogP contribution in [0.2, 0.25) is 0 Å². The van der Waals surface area contributed by atoms with E-state index in [1.807, 2.05) is 0 Å². The highest BCUT2D eigenvalue weighted by atomic mass is 16.7. The number of hydrogen-bond acceptors (Lipinski definition) is 13. The van der Waals surface area contributed by atoms with Crippen molar-refractivity contribution in [1.82, 2.24) is 0 Å². The minimum absolute atomic E-state index is 0.0851. The van der Waals surface area contributed by atoms with Crippen molar-refractivity contribution in [3.05, 3.63) is 34.9 Å². The van der Waals surface area contributed by atoms with Crippen LogP contribution in [0.5, 0.6) is 34.5 Å². The fourth-order valence-corrected chi connectivity index (χ4v) is 5.90. The van der Waals surface area contributed by atoms with Gasteiger partial charge in [0.1, 0.15) is 24.4 Å². The number of aliphatic hydroxyl groups is 5. The maximum Gasteiger partial charge on any atom is 0.203 e. The van der Waals surface area contributed by atoms with Gasteiger partial charge in [0.25, 0.3) is 0 Å². The first-order valence-corrected chi connectivity index (χ1v) is 13.1. The molecular formula is C28H38O13. The minimum atomic E-state index is -1.61. The van der Waals surface area contributed by atoms with E-state index in [0.29, 0.717) is 23.1 Å². The molecule has 1 heterocycles. The number of rotatable bonds is 10. The van der Waals surface area contributed by atoms with Gasteiger partial charge in [0.2, 0.25) is 11.5 Å². The van der Waals surface area contributed by atoms with Gasteiger partial charge >= 0.3 is 0 Å². The molecule has 8 atom stereocenters. The van der Waals surface area contributed by atoms with Gasteiger partial charge in [0.05, 0.1) is 41.7 Å². The first-order valence-electron chi connectivity index (χ1n) is 13.1. The number of fused-ring (bicyclic) bond motifs is 1. The molecule has 0 radical (unpaired) electrons. The van der Waals surface area contributed by atoms with Crippen LogP contribution in [0.25, 0.3) is 0 Å². The molecule has 0 amide bonds. The maximum atomic E-state index is 11.4. The predicted molar refractivity (Wildman–Crippen MR) is 142 cm³/mol. The number of ether oxygens (including phenoxy) is 6. The molecule has 4 rings (SSSR count). The number of benzene rings is 2. The summed E-state index contributed by atoms with van der Waals surface area (Å²) in [6.07, 6.45) is -6.95. The van der Waals surface area contributed by atoms with E-state index in [-0.39, 0.29) is 47.7 Å². The zero-order valence-electron chi connectivity index (χ0n) is 23.3. The van der Waals surface area contributed by atoms with Crippen LogP contribution in [0, 0.1) is 11.8 Å². The summed E-state index contributed by atoms with van der Waals surface area (Å²) in [5.74, 6) is -1.41. The van der Waals surface area contributed by atoms with Crippen molar-refractivity contribution >= 4 is 0 Å². The third-order valence-corrected chi connectivity index (χ3v) is 7.97. The standard InChI is InChI=1S/C28H38O13/c1-36-17-8-13(6-16(31)26(17)38-3)20-15(9-29)14(5-12-7-18(37-2)27(39-4)23(33)21(12)20)11-40-28-25(35)24(34)22(32)19(10-30)41-28/h6-8,14-15,19-20,22,24-25,28-35H,5,9-11H2,1-4H3. The molecule has 8 unspecified atom stereocenters.